The molecule has 2 rings (SSSR count). The SMILES string of the molecule is Cc1ccc2sc(NCCNC(=O)N(C)C)nc2c1. The molecule has 2 aromatic rings. The Balaban J connectivity index is 1.86. The van der Waals surface area contributed by atoms with E-state index in [9.17, 15) is 4.79 Å². The first-order valence-electron chi connectivity index (χ1n) is 6.12. The molecule has 1 heterocycles. The van der Waals surface area contributed by atoms with E-state index < -0.39 is 0 Å². The lowest BCUT2D eigenvalue weighted by molar-refractivity contribution is 0.218. The number of carbonyl (C=O) groups excluding carboxylic acids is 1. The molecule has 0 aliphatic carbocycles. The van der Waals surface area contributed by atoms with Crippen molar-refractivity contribution in [1.29, 1.82) is 0 Å². The highest BCUT2D eigenvalue weighted by atomic mass is 32.1. The number of anilines is 1. The number of fused-ring (bicyclic) bond motifs is 1. The Hall–Kier alpha value is -1.82. The lowest BCUT2D eigenvalue weighted by Crippen LogP contribution is -2.37. The molecule has 19 heavy (non-hydrogen) atoms. The zero-order valence-corrected chi connectivity index (χ0v) is 12.2. The molecular formula is C13H18N4OS. The van der Waals surface area contributed by atoms with Crippen LogP contribution in [0.1, 0.15) is 5.56 Å². The molecule has 2 N–H and O–H groups in total. The van der Waals surface area contributed by atoms with Crippen molar-refractivity contribution in [2.45, 2.75) is 6.92 Å². The molecule has 102 valence electrons. The maximum Gasteiger partial charge on any atom is 0.316 e. The molecule has 0 fully saturated rings. The second-order valence-corrected chi connectivity index (χ2v) is 5.57. The summed E-state index contributed by atoms with van der Waals surface area (Å²) < 4.78 is 1.17. The number of carbonyl (C=O) groups is 1. The highest BCUT2D eigenvalue weighted by Crippen LogP contribution is 2.26. The molecule has 0 saturated carbocycles. The van der Waals surface area contributed by atoms with Crippen LogP contribution in [0.5, 0.6) is 0 Å². The summed E-state index contributed by atoms with van der Waals surface area (Å²) >= 11 is 1.63. The van der Waals surface area contributed by atoms with Gasteiger partial charge in [0, 0.05) is 27.2 Å². The number of aryl methyl sites for hydroxylation is 1. The summed E-state index contributed by atoms with van der Waals surface area (Å²) in [6, 6.07) is 6.16. The molecule has 1 aromatic carbocycles. The van der Waals surface area contributed by atoms with Gasteiger partial charge < -0.3 is 15.5 Å². The van der Waals surface area contributed by atoms with Crippen molar-refractivity contribution >= 4 is 32.7 Å². The Kier molecular flexibility index (Phi) is 4.21. The van der Waals surface area contributed by atoms with Gasteiger partial charge in [-0.25, -0.2) is 9.78 Å². The van der Waals surface area contributed by atoms with Crippen molar-refractivity contribution in [3.05, 3.63) is 23.8 Å². The van der Waals surface area contributed by atoms with E-state index in [1.165, 1.54) is 15.2 Å². The van der Waals surface area contributed by atoms with Gasteiger partial charge in [-0.15, -0.1) is 0 Å². The second kappa shape index (κ2) is 5.88. The van der Waals surface area contributed by atoms with Crippen molar-refractivity contribution in [2.75, 3.05) is 32.5 Å². The highest BCUT2D eigenvalue weighted by Gasteiger charge is 2.04. The van der Waals surface area contributed by atoms with Gasteiger partial charge in [0.05, 0.1) is 10.2 Å². The van der Waals surface area contributed by atoms with Crippen LogP contribution in [0.25, 0.3) is 10.2 Å². The Bertz CT molecular complexity index is 579. The van der Waals surface area contributed by atoms with Crippen LogP contribution < -0.4 is 10.6 Å². The number of thiazole rings is 1. The minimum Gasteiger partial charge on any atom is -0.360 e. The molecule has 0 saturated heterocycles. The Morgan fingerprint density at radius 2 is 2.16 bits per heavy atom. The fourth-order valence-electron chi connectivity index (χ4n) is 1.61. The molecule has 1 aromatic heterocycles. The van der Waals surface area contributed by atoms with E-state index in [0.29, 0.717) is 13.1 Å². The molecule has 6 heteroatoms. The van der Waals surface area contributed by atoms with Crippen LogP contribution in [0.15, 0.2) is 18.2 Å². The van der Waals surface area contributed by atoms with E-state index in [0.717, 1.165) is 10.6 Å². The third-order valence-corrected chi connectivity index (χ3v) is 3.62. The van der Waals surface area contributed by atoms with Crippen LogP contribution in [-0.2, 0) is 0 Å². The van der Waals surface area contributed by atoms with Crippen LogP contribution in [0.2, 0.25) is 0 Å². The van der Waals surface area contributed by atoms with E-state index in [2.05, 4.69) is 40.7 Å². The maximum atomic E-state index is 11.3. The van der Waals surface area contributed by atoms with E-state index >= 15 is 0 Å². The quantitative estimate of drug-likeness (QED) is 0.844. The second-order valence-electron chi connectivity index (χ2n) is 4.54. The van der Waals surface area contributed by atoms with Crippen molar-refractivity contribution in [2.24, 2.45) is 0 Å². The van der Waals surface area contributed by atoms with Gasteiger partial charge in [0.15, 0.2) is 5.13 Å². The number of benzene rings is 1. The van der Waals surface area contributed by atoms with Crippen LogP contribution in [0.3, 0.4) is 0 Å². The minimum absolute atomic E-state index is 0.0817. The van der Waals surface area contributed by atoms with E-state index in [-0.39, 0.29) is 6.03 Å². The Morgan fingerprint density at radius 1 is 1.37 bits per heavy atom. The lowest BCUT2D eigenvalue weighted by atomic mass is 10.2. The molecule has 5 nitrogen and oxygen atoms in total. The standard InChI is InChI=1S/C13H18N4OS/c1-9-4-5-11-10(8-9)16-12(19-11)14-6-7-15-13(18)17(2)3/h4-5,8H,6-7H2,1-3H3,(H,14,16)(H,15,18). The van der Waals surface area contributed by atoms with E-state index in [1.807, 2.05) is 0 Å². The smallest absolute Gasteiger partial charge is 0.316 e. The first kappa shape index (κ1) is 13.6. The van der Waals surface area contributed by atoms with Crippen molar-refractivity contribution < 1.29 is 4.79 Å². The van der Waals surface area contributed by atoms with Crippen molar-refractivity contribution in [3.63, 3.8) is 0 Å². The molecule has 0 spiro atoms. The molecule has 0 radical (unpaired) electrons. The third kappa shape index (κ3) is 3.57. The number of urea groups is 1. The van der Waals surface area contributed by atoms with Gasteiger partial charge in [0.1, 0.15) is 0 Å². The van der Waals surface area contributed by atoms with Crippen LogP contribution >= 0.6 is 11.3 Å². The van der Waals surface area contributed by atoms with Crippen LogP contribution in [-0.4, -0.2) is 43.1 Å². The normalized spacial score (nSPS) is 10.5. The molecule has 0 bridgehead atoms. The first-order valence-corrected chi connectivity index (χ1v) is 6.94. The van der Waals surface area contributed by atoms with Crippen molar-refractivity contribution in [1.82, 2.24) is 15.2 Å². The molecule has 0 atom stereocenters. The Labute approximate surface area is 116 Å². The van der Waals surface area contributed by atoms with Crippen LogP contribution in [0, 0.1) is 6.92 Å². The van der Waals surface area contributed by atoms with Gasteiger partial charge >= 0.3 is 6.03 Å². The summed E-state index contributed by atoms with van der Waals surface area (Å²) in [5, 5.41) is 6.91. The molecule has 0 aliphatic heterocycles. The van der Waals surface area contributed by atoms with Crippen molar-refractivity contribution in [3.8, 4) is 0 Å². The van der Waals surface area contributed by atoms with Crippen LogP contribution in [0.4, 0.5) is 9.93 Å². The van der Waals surface area contributed by atoms with Gasteiger partial charge in [0.25, 0.3) is 0 Å². The maximum absolute atomic E-state index is 11.3. The summed E-state index contributed by atoms with van der Waals surface area (Å²) in [6.45, 7) is 3.30. The van der Waals surface area contributed by atoms with Gasteiger partial charge in [-0.1, -0.05) is 17.4 Å². The summed E-state index contributed by atoms with van der Waals surface area (Å²) in [7, 11) is 3.44. The number of hydrogen-bond donors (Lipinski definition) is 2. The molecule has 0 unspecified atom stereocenters. The number of rotatable bonds is 4. The zero-order valence-electron chi connectivity index (χ0n) is 11.4. The van der Waals surface area contributed by atoms with E-state index in [1.54, 1.807) is 25.4 Å². The largest absolute Gasteiger partial charge is 0.360 e. The Morgan fingerprint density at radius 3 is 2.89 bits per heavy atom. The minimum atomic E-state index is -0.0817. The number of nitrogens with zero attached hydrogens (tertiary/aromatic N) is 2. The van der Waals surface area contributed by atoms with Gasteiger partial charge in [-0.3, -0.25) is 0 Å². The van der Waals surface area contributed by atoms with Gasteiger partial charge in [-0.05, 0) is 24.6 Å². The number of aromatic nitrogens is 1. The van der Waals surface area contributed by atoms with Gasteiger partial charge in [0.2, 0.25) is 0 Å². The van der Waals surface area contributed by atoms with E-state index in [4.69, 9.17) is 0 Å². The fourth-order valence-corrected chi connectivity index (χ4v) is 2.48. The number of hydrogen-bond acceptors (Lipinski definition) is 4. The highest BCUT2D eigenvalue weighted by molar-refractivity contribution is 7.22. The molecule has 2 amide bonds. The third-order valence-electron chi connectivity index (χ3n) is 2.63. The summed E-state index contributed by atoms with van der Waals surface area (Å²) in [5.41, 5.74) is 2.23. The molecular weight excluding hydrogens is 260 g/mol. The summed E-state index contributed by atoms with van der Waals surface area (Å²) in [4.78, 5) is 17.3. The number of nitrogens with one attached hydrogen (secondary N) is 2. The average Bonchev–Trinajstić information content (AvgIpc) is 2.75. The first-order chi connectivity index (χ1) is 9.06. The zero-order chi connectivity index (χ0) is 13.8. The monoisotopic (exact) mass is 278 g/mol. The lowest BCUT2D eigenvalue weighted by Gasteiger charge is -2.11. The predicted octanol–water partition coefficient (Wildman–Crippen LogP) is 2.29. The fraction of sp³-hybridized carbons (Fsp3) is 0.385. The summed E-state index contributed by atoms with van der Waals surface area (Å²) in [6.07, 6.45) is 0. The average molecular weight is 278 g/mol. The number of amides is 2. The summed E-state index contributed by atoms with van der Waals surface area (Å²) in [5.74, 6) is 0. The topological polar surface area (TPSA) is 57.3 Å². The predicted molar refractivity (Wildman–Crippen MR) is 79.9 cm³/mol. The molecule has 0 aliphatic rings. The van der Waals surface area contributed by atoms with Gasteiger partial charge in [-0.2, -0.15) is 0 Å².